The Morgan fingerprint density at radius 1 is 1.39 bits per heavy atom. The minimum atomic E-state index is -0.705. The minimum absolute atomic E-state index is 0.162. The number of carbonyl (C=O) groups excluding carboxylic acids is 1. The smallest absolute Gasteiger partial charge is 0.407 e. The molecule has 1 aromatic rings. The van der Waals surface area contributed by atoms with Gasteiger partial charge in [-0.15, -0.1) is 0 Å². The van der Waals surface area contributed by atoms with E-state index in [0.29, 0.717) is 5.56 Å². The lowest BCUT2D eigenvalue weighted by atomic mass is 9.82. The van der Waals surface area contributed by atoms with Crippen LogP contribution < -0.4 is 11.1 Å². The van der Waals surface area contributed by atoms with Gasteiger partial charge in [0.05, 0.1) is 4.92 Å². The molecule has 1 unspecified atom stereocenters. The summed E-state index contributed by atoms with van der Waals surface area (Å²) in [4.78, 5) is 21.8. The normalized spacial score (nSPS) is 14.0. The third kappa shape index (κ3) is 5.10. The zero-order valence-electron chi connectivity index (χ0n) is 13.8. The Hall–Kier alpha value is -2.35. The summed E-state index contributed by atoms with van der Waals surface area (Å²) >= 11 is 0. The molecule has 8 heteroatoms. The summed E-state index contributed by atoms with van der Waals surface area (Å²) < 4.78 is 5.16. The number of rotatable bonds is 5. The number of hydrogen-bond donors (Lipinski definition) is 3. The second-order valence-corrected chi connectivity index (χ2v) is 6.58. The van der Waals surface area contributed by atoms with Crippen molar-refractivity contribution in [1.82, 2.24) is 5.32 Å². The molecule has 0 radical (unpaired) electrons. The molecule has 0 aromatic heterocycles. The number of nitro groups is 1. The number of carbonyl (C=O) groups is 1. The van der Waals surface area contributed by atoms with Crippen molar-refractivity contribution in [3.05, 3.63) is 33.9 Å². The number of alkyl carbamates (subject to hydrolysis) is 1. The predicted molar refractivity (Wildman–Crippen MR) is 85.4 cm³/mol. The first-order chi connectivity index (χ1) is 10.5. The fraction of sp³-hybridized carbons (Fsp3) is 0.533. The predicted octanol–water partition coefficient (Wildman–Crippen LogP) is 2.04. The van der Waals surface area contributed by atoms with Crippen LogP contribution in [-0.2, 0) is 10.2 Å². The van der Waals surface area contributed by atoms with Gasteiger partial charge in [0.25, 0.3) is 0 Å². The monoisotopic (exact) mass is 325 g/mol. The maximum Gasteiger partial charge on any atom is 0.407 e. The van der Waals surface area contributed by atoms with Gasteiger partial charge in [-0.25, -0.2) is 4.79 Å². The lowest BCUT2D eigenvalue weighted by Crippen LogP contribution is -2.45. The molecule has 4 N–H and O–H groups in total. The molecule has 0 aliphatic heterocycles. The van der Waals surface area contributed by atoms with Crippen LogP contribution in [0.4, 0.5) is 10.5 Å². The molecule has 0 saturated carbocycles. The molecule has 1 aromatic carbocycles. The second kappa shape index (κ2) is 6.82. The van der Waals surface area contributed by atoms with Crippen LogP contribution in [0.15, 0.2) is 18.2 Å². The summed E-state index contributed by atoms with van der Waals surface area (Å²) in [6, 6.07) is 4.02. The van der Waals surface area contributed by atoms with Crippen molar-refractivity contribution < 1.29 is 19.6 Å². The molecule has 128 valence electrons. The van der Waals surface area contributed by atoms with E-state index in [2.05, 4.69) is 5.32 Å². The van der Waals surface area contributed by atoms with Crippen molar-refractivity contribution >= 4 is 11.8 Å². The van der Waals surface area contributed by atoms with E-state index in [1.54, 1.807) is 27.7 Å². The van der Waals surface area contributed by atoms with Crippen molar-refractivity contribution in [3.8, 4) is 5.75 Å². The number of phenols is 1. The largest absolute Gasteiger partial charge is 0.502 e. The van der Waals surface area contributed by atoms with E-state index in [-0.39, 0.29) is 18.8 Å². The fourth-order valence-electron chi connectivity index (χ4n) is 1.93. The lowest BCUT2D eigenvalue weighted by molar-refractivity contribution is -0.385. The van der Waals surface area contributed by atoms with E-state index in [9.17, 15) is 20.0 Å². The van der Waals surface area contributed by atoms with E-state index in [0.717, 1.165) is 0 Å². The number of hydrogen-bond acceptors (Lipinski definition) is 6. The molecule has 0 spiro atoms. The summed E-state index contributed by atoms with van der Waals surface area (Å²) in [7, 11) is 0. The van der Waals surface area contributed by atoms with Crippen LogP contribution >= 0.6 is 0 Å². The zero-order valence-corrected chi connectivity index (χ0v) is 13.8. The fourth-order valence-corrected chi connectivity index (χ4v) is 1.93. The Kier molecular flexibility index (Phi) is 5.55. The van der Waals surface area contributed by atoms with Gasteiger partial charge in [0.1, 0.15) is 5.60 Å². The molecule has 1 rings (SSSR count). The van der Waals surface area contributed by atoms with Crippen LogP contribution in [0.1, 0.15) is 33.3 Å². The topological polar surface area (TPSA) is 128 Å². The van der Waals surface area contributed by atoms with E-state index in [1.165, 1.54) is 18.2 Å². The van der Waals surface area contributed by atoms with Gasteiger partial charge in [-0.2, -0.15) is 0 Å². The van der Waals surface area contributed by atoms with Crippen molar-refractivity contribution in [2.45, 2.75) is 38.7 Å². The Morgan fingerprint density at radius 3 is 2.43 bits per heavy atom. The number of nitro benzene ring substituents is 1. The Labute approximate surface area is 134 Å². The van der Waals surface area contributed by atoms with Crippen LogP contribution in [0.25, 0.3) is 0 Å². The Bertz CT molecular complexity index is 597. The summed E-state index contributed by atoms with van der Waals surface area (Å²) in [5, 5.41) is 23.1. The van der Waals surface area contributed by atoms with Gasteiger partial charge in [0.2, 0.25) is 0 Å². The number of benzene rings is 1. The molecule has 1 atom stereocenters. The highest BCUT2D eigenvalue weighted by Crippen LogP contribution is 2.31. The van der Waals surface area contributed by atoms with Gasteiger partial charge >= 0.3 is 11.8 Å². The van der Waals surface area contributed by atoms with Crippen molar-refractivity contribution in [3.63, 3.8) is 0 Å². The van der Waals surface area contributed by atoms with Crippen LogP contribution in [0.2, 0.25) is 0 Å². The van der Waals surface area contributed by atoms with Crippen molar-refractivity contribution in [2.75, 3.05) is 13.1 Å². The van der Waals surface area contributed by atoms with Gasteiger partial charge in [0, 0.05) is 24.6 Å². The van der Waals surface area contributed by atoms with Gasteiger partial charge < -0.3 is 20.9 Å². The second-order valence-electron chi connectivity index (χ2n) is 6.58. The van der Waals surface area contributed by atoms with E-state index in [4.69, 9.17) is 10.5 Å². The molecular weight excluding hydrogens is 302 g/mol. The van der Waals surface area contributed by atoms with Crippen LogP contribution in [0.5, 0.6) is 5.75 Å². The molecule has 0 heterocycles. The van der Waals surface area contributed by atoms with Crippen LogP contribution in [0.3, 0.4) is 0 Å². The number of nitrogens with one attached hydrogen (secondary N) is 1. The van der Waals surface area contributed by atoms with Crippen LogP contribution in [0, 0.1) is 10.1 Å². The highest BCUT2D eigenvalue weighted by molar-refractivity contribution is 5.68. The highest BCUT2D eigenvalue weighted by Gasteiger charge is 2.29. The molecule has 1 amide bonds. The number of nitrogens with zero attached hydrogens (tertiary/aromatic N) is 1. The number of nitrogens with two attached hydrogens (primary N) is 1. The summed E-state index contributed by atoms with van der Waals surface area (Å²) in [5.74, 6) is -0.440. The third-order valence-electron chi connectivity index (χ3n) is 3.34. The van der Waals surface area contributed by atoms with E-state index >= 15 is 0 Å². The molecule has 0 bridgehead atoms. The first-order valence-electron chi connectivity index (χ1n) is 7.13. The number of aromatic hydroxyl groups is 1. The third-order valence-corrected chi connectivity index (χ3v) is 3.34. The number of phenolic OH excluding ortho intramolecular Hbond substituents is 1. The van der Waals surface area contributed by atoms with Crippen LogP contribution in [-0.4, -0.2) is 34.8 Å². The summed E-state index contributed by atoms with van der Waals surface area (Å²) in [5.41, 5.74) is 4.67. The molecule has 0 aliphatic carbocycles. The lowest BCUT2D eigenvalue weighted by Gasteiger charge is -2.29. The molecule has 0 saturated heterocycles. The maximum absolute atomic E-state index is 11.8. The summed E-state index contributed by atoms with van der Waals surface area (Å²) in [6.07, 6.45) is -0.580. The summed E-state index contributed by atoms with van der Waals surface area (Å²) in [6.45, 7) is 7.37. The van der Waals surface area contributed by atoms with Crippen molar-refractivity contribution in [2.24, 2.45) is 5.73 Å². The Balaban J connectivity index is 2.91. The van der Waals surface area contributed by atoms with Crippen molar-refractivity contribution in [1.29, 1.82) is 0 Å². The standard InChI is InChI=1S/C15H23N3O5/c1-14(2,3)23-13(20)17-9-15(4,8-16)10-5-6-11(18(21)22)12(19)7-10/h5-7,19H,8-9,16H2,1-4H3,(H,17,20). The average molecular weight is 325 g/mol. The van der Waals surface area contributed by atoms with Gasteiger partial charge in [0.15, 0.2) is 5.75 Å². The molecule has 0 fully saturated rings. The van der Waals surface area contributed by atoms with E-state index in [1.807, 2.05) is 0 Å². The SMILES string of the molecule is CC(C)(C)OC(=O)NCC(C)(CN)c1ccc([N+](=O)[O-])c(O)c1. The molecule has 8 nitrogen and oxygen atoms in total. The zero-order chi connectivity index (χ0) is 17.8. The van der Waals surface area contributed by atoms with E-state index < -0.39 is 27.8 Å². The van der Waals surface area contributed by atoms with Gasteiger partial charge in [-0.3, -0.25) is 10.1 Å². The van der Waals surface area contributed by atoms with Gasteiger partial charge in [-0.05, 0) is 32.4 Å². The molecular formula is C15H23N3O5. The maximum atomic E-state index is 11.8. The molecule has 23 heavy (non-hydrogen) atoms. The number of amides is 1. The average Bonchev–Trinajstić information content (AvgIpc) is 2.42. The first kappa shape index (κ1) is 18.7. The molecule has 0 aliphatic rings. The first-order valence-corrected chi connectivity index (χ1v) is 7.13. The quantitative estimate of drug-likeness (QED) is 0.561. The number of ether oxygens (including phenoxy) is 1. The Morgan fingerprint density at radius 2 is 2.00 bits per heavy atom. The minimum Gasteiger partial charge on any atom is -0.502 e. The highest BCUT2D eigenvalue weighted by atomic mass is 16.6. The van der Waals surface area contributed by atoms with Gasteiger partial charge in [-0.1, -0.05) is 13.0 Å².